The number of carbonyl (C=O) groups is 1. The van der Waals surface area contributed by atoms with E-state index in [1.807, 2.05) is 110 Å². The van der Waals surface area contributed by atoms with Gasteiger partial charge in [-0.05, 0) is 30.5 Å². The number of rotatable bonds is 7. The van der Waals surface area contributed by atoms with Gasteiger partial charge in [-0.1, -0.05) is 91.0 Å². The van der Waals surface area contributed by atoms with E-state index >= 15 is 0 Å². The molecule has 0 unspecified atom stereocenters. The Morgan fingerprint density at radius 3 is 2.03 bits per heavy atom. The predicted molar refractivity (Wildman–Crippen MR) is 125 cm³/mol. The van der Waals surface area contributed by atoms with E-state index in [1.54, 1.807) is 0 Å². The average molecular weight is 444 g/mol. The second-order valence-corrected chi connectivity index (χ2v) is 9.09. The van der Waals surface area contributed by atoms with E-state index in [1.165, 1.54) is 0 Å². The average Bonchev–Trinajstić information content (AvgIpc) is 3.16. The molecule has 5 heteroatoms. The summed E-state index contributed by atoms with van der Waals surface area (Å²) in [5.41, 5.74) is 3.15. The van der Waals surface area contributed by atoms with Crippen LogP contribution in [-0.2, 0) is 32.2 Å². The maximum Gasteiger partial charge on any atom is 0.254 e. The van der Waals surface area contributed by atoms with E-state index in [0.717, 1.165) is 16.7 Å². The van der Waals surface area contributed by atoms with Gasteiger partial charge in [-0.25, -0.2) is 0 Å². The fraction of sp³-hybridized carbons (Fsp3) is 0.321. The highest BCUT2D eigenvalue weighted by molar-refractivity contribution is 5.88. The SMILES string of the molecule is CC1(C)O[C@@H]([C@H]2[C@@H](OCc3ccccc3)C(=O)N2Cc2ccccc2)[C@H](c2ccccc2)O1. The summed E-state index contributed by atoms with van der Waals surface area (Å²) in [7, 11) is 0. The molecule has 0 bridgehead atoms. The number of likely N-dealkylation sites (tertiary alicyclic amines) is 1. The molecule has 3 aromatic carbocycles. The fourth-order valence-electron chi connectivity index (χ4n) is 4.72. The highest BCUT2D eigenvalue weighted by Crippen LogP contribution is 2.45. The van der Waals surface area contributed by atoms with Crippen molar-refractivity contribution >= 4 is 5.91 Å². The molecule has 0 N–H and O–H groups in total. The Hall–Kier alpha value is -2.99. The molecule has 1 amide bonds. The van der Waals surface area contributed by atoms with Gasteiger partial charge in [-0.15, -0.1) is 0 Å². The summed E-state index contributed by atoms with van der Waals surface area (Å²) in [4.78, 5) is 15.1. The monoisotopic (exact) mass is 443 g/mol. The van der Waals surface area contributed by atoms with Gasteiger partial charge in [0.05, 0.1) is 12.6 Å². The number of carbonyl (C=O) groups excluding carboxylic acids is 1. The molecule has 5 rings (SSSR count). The first kappa shape index (κ1) is 21.8. The largest absolute Gasteiger partial charge is 0.361 e. The van der Waals surface area contributed by atoms with E-state index in [2.05, 4.69) is 0 Å². The zero-order valence-corrected chi connectivity index (χ0v) is 19.0. The Labute approximate surface area is 194 Å². The maximum atomic E-state index is 13.3. The van der Waals surface area contributed by atoms with Gasteiger partial charge in [0.2, 0.25) is 0 Å². The van der Waals surface area contributed by atoms with Crippen LogP contribution in [0.3, 0.4) is 0 Å². The molecule has 2 saturated heterocycles. The van der Waals surface area contributed by atoms with Crippen LogP contribution in [0, 0.1) is 0 Å². The van der Waals surface area contributed by atoms with Crippen LogP contribution in [-0.4, -0.2) is 34.8 Å². The topological polar surface area (TPSA) is 48.0 Å². The first-order valence-corrected chi connectivity index (χ1v) is 11.4. The summed E-state index contributed by atoms with van der Waals surface area (Å²) >= 11 is 0. The Morgan fingerprint density at radius 1 is 0.818 bits per heavy atom. The molecule has 0 spiro atoms. The van der Waals surface area contributed by atoms with Crippen molar-refractivity contribution in [2.75, 3.05) is 0 Å². The van der Waals surface area contributed by atoms with Gasteiger partial charge >= 0.3 is 0 Å². The minimum Gasteiger partial charge on any atom is -0.361 e. The number of hydrogen-bond donors (Lipinski definition) is 0. The Morgan fingerprint density at radius 2 is 1.39 bits per heavy atom. The van der Waals surface area contributed by atoms with Crippen LogP contribution < -0.4 is 0 Å². The van der Waals surface area contributed by atoms with Crippen LogP contribution in [0.15, 0.2) is 91.0 Å². The summed E-state index contributed by atoms with van der Waals surface area (Å²) in [5, 5.41) is 0. The van der Waals surface area contributed by atoms with Gasteiger partial charge in [0.1, 0.15) is 12.2 Å². The molecule has 4 atom stereocenters. The zero-order chi connectivity index (χ0) is 22.8. The number of amides is 1. The van der Waals surface area contributed by atoms with Crippen molar-refractivity contribution in [2.24, 2.45) is 0 Å². The van der Waals surface area contributed by atoms with E-state index < -0.39 is 11.9 Å². The molecule has 0 radical (unpaired) electrons. The lowest BCUT2D eigenvalue weighted by atomic mass is 9.86. The van der Waals surface area contributed by atoms with Crippen molar-refractivity contribution in [3.8, 4) is 0 Å². The molecule has 0 aromatic heterocycles. The molecule has 2 heterocycles. The summed E-state index contributed by atoms with van der Waals surface area (Å²) in [6.45, 7) is 4.73. The van der Waals surface area contributed by atoms with Crippen molar-refractivity contribution in [3.05, 3.63) is 108 Å². The normalized spacial score (nSPS) is 26.2. The predicted octanol–water partition coefficient (Wildman–Crippen LogP) is 4.88. The first-order chi connectivity index (χ1) is 16.0. The van der Waals surface area contributed by atoms with Gasteiger partial charge in [-0.2, -0.15) is 0 Å². The van der Waals surface area contributed by atoms with Crippen LogP contribution in [0.25, 0.3) is 0 Å². The molecule has 0 saturated carbocycles. The Bertz CT molecular complexity index is 1070. The van der Waals surface area contributed by atoms with E-state index in [0.29, 0.717) is 13.2 Å². The van der Waals surface area contributed by atoms with Crippen molar-refractivity contribution in [1.82, 2.24) is 4.90 Å². The zero-order valence-electron chi connectivity index (χ0n) is 19.0. The summed E-state index contributed by atoms with van der Waals surface area (Å²) in [6.07, 6.45) is -1.22. The molecular weight excluding hydrogens is 414 g/mol. The minimum atomic E-state index is -0.758. The molecule has 2 fully saturated rings. The molecule has 2 aliphatic rings. The van der Waals surface area contributed by atoms with Crippen molar-refractivity contribution in [2.45, 2.75) is 57.1 Å². The second kappa shape index (κ2) is 9.10. The lowest BCUT2D eigenvalue weighted by molar-refractivity contribution is -0.199. The summed E-state index contributed by atoms with van der Waals surface area (Å²) < 4.78 is 19.0. The van der Waals surface area contributed by atoms with Gasteiger partial charge in [0.25, 0.3) is 5.91 Å². The van der Waals surface area contributed by atoms with E-state index in [4.69, 9.17) is 14.2 Å². The molecule has 2 aliphatic heterocycles. The summed E-state index contributed by atoms with van der Waals surface area (Å²) in [5.74, 6) is -0.772. The number of β-lactam (4-membered cyclic amide) rings is 1. The highest BCUT2D eigenvalue weighted by Gasteiger charge is 2.58. The van der Waals surface area contributed by atoms with E-state index in [9.17, 15) is 4.79 Å². The standard InChI is InChI=1S/C28H29NO4/c1-28(2)32-24(22-16-10-5-11-17-22)25(33-28)23-26(31-19-21-14-8-4-9-15-21)27(30)29(23)18-20-12-6-3-7-13-20/h3-17,23-26H,18-19H2,1-2H3/t23-,24-,25-,26+/m0/s1. The fourth-order valence-corrected chi connectivity index (χ4v) is 4.72. The van der Waals surface area contributed by atoms with Crippen molar-refractivity contribution < 1.29 is 19.0 Å². The quantitative estimate of drug-likeness (QED) is 0.489. The second-order valence-electron chi connectivity index (χ2n) is 9.09. The number of ether oxygens (including phenoxy) is 3. The number of nitrogens with zero attached hydrogens (tertiary/aromatic N) is 1. The molecule has 170 valence electrons. The maximum absolute atomic E-state index is 13.3. The highest BCUT2D eigenvalue weighted by atomic mass is 16.8. The van der Waals surface area contributed by atoms with Gasteiger partial charge in [0.15, 0.2) is 11.9 Å². The molecule has 33 heavy (non-hydrogen) atoms. The van der Waals surface area contributed by atoms with Crippen molar-refractivity contribution in [3.63, 3.8) is 0 Å². The van der Waals surface area contributed by atoms with Crippen LogP contribution >= 0.6 is 0 Å². The Kier molecular flexibility index (Phi) is 6.02. The third-order valence-electron chi connectivity index (χ3n) is 6.26. The van der Waals surface area contributed by atoms with E-state index in [-0.39, 0.29) is 24.2 Å². The first-order valence-electron chi connectivity index (χ1n) is 11.4. The summed E-state index contributed by atoms with van der Waals surface area (Å²) in [6, 6.07) is 29.8. The number of hydrogen-bond acceptors (Lipinski definition) is 4. The number of benzene rings is 3. The molecule has 3 aromatic rings. The Balaban J connectivity index is 1.43. The van der Waals surface area contributed by atoms with Gasteiger partial charge in [-0.3, -0.25) is 4.79 Å². The van der Waals surface area contributed by atoms with Crippen molar-refractivity contribution in [1.29, 1.82) is 0 Å². The van der Waals surface area contributed by atoms with Gasteiger partial charge < -0.3 is 19.1 Å². The van der Waals surface area contributed by atoms with Gasteiger partial charge in [0, 0.05) is 6.54 Å². The lowest BCUT2D eigenvalue weighted by Crippen LogP contribution is -2.70. The molecule has 5 nitrogen and oxygen atoms in total. The molecular formula is C28H29NO4. The van der Waals surface area contributed by atoms with Crippen LogP contribution in [0.1, 0.15) is 36.6 Å². The molecule has 0 aliphatic carbocycles. The smallest absolute Gasteiger partial charge is 0.254 e. The lowest BCUT2D eigenvalue weighted by Gasteiger charge is -2.49. The van der Waals surface area contributed by atoms with Crippen LogP contribution in [0.5, 0.6) is 0 Å². The van der Waals surface area contributed by atoms with Crippen LogP contribution in [0.2, 0.25) is 0 Å². The minimum absolute atomic E-state index is 0.0140. The van der Waals surface area contributed by atoms with Crippen LogP contribution in [0.4, 0.5) is 0 Å². The third kappa shape index (κ3) is 4.58. The third-order valence-corrected chi connectivity index (χ3v) is 6.26.